The van der Waals surface area contributed by atoms with Crippen LogP contribution >= 0.6 is 0 Å². The first-order valence-electron chi connectivity index (χ1n) is 9.32. The van der Waals surface area contributed by atoms with Crippen molar-refractivity contribution in [3.05, 3.63) is 54.5 Å². The van der Waals surface area contributed by atoms with Gasteiger partial charge < -0.3 is 14.6 Å². The molecule has 1 aliphatic rings. The lowest BCUT2D eigenvalue weighted by Gasteiger charge is -2.13. The molecule has 1 unspecified atom stereocenters. The van der Waals surface area contributed by atoms with E-state index in [9.17, 15) is 9.18 Å². The van der Waals surface area contributed by atoms with Gasteiger partial charge in [0.05, 0.1) is 5.69 Å². The molecule has 1 fully saturated rings. The minimum atomic E-state index is -0.297. The molecule has 5 nitrogen and oxygen atoms in total. The van der Waals surface area contributed by atoms with Crippen LogP contribution in [0.5, 0.6) is 0 Å². The first-order valence-corrected chi connectivity index (χ1v) is 9.32. The molecule has 3 aromatic rings. The molecule has 140 valence electrons. The van der Waals surface area contributed by atoms with Crippen molar-refractivity contribution >= 4 is 16.9 Å². The molecule has 1 aliphatic heterocycles. The topological polar surface area (TPSA) is 56.2 Å². The van der Waals surface area contributed by atoms with Gasteiger partial charge in [-0.25, -0.2) is 9.37 Å². The molecule has 0 aliphatic carbocycles. The van der Waals surface area contributed by atoms with Gasteiger partial charge in [-0.3, -0.25) is 4.79 Å². The average molecular weight is 367 g/mol. The van der Waals surface area contributed by atoms with E-state index in [1.54, 1.807) is 18.3 Å². The van der Waals surface area contributed by atoms with Gasteiger partial charge >= 0.3 is 0 Å². The van der Waals surface area contributed by atoms with Crippen LogP contribution in [0.3, 0.4) is 0 Å². The molecule has 2 aromatic heterocycles. The summed E-state index contributed by atoms with van der Waals surface area (Å²) >= 11 is 0. The van der Waals surface area contributed by atoms with Crippen molar-refractivity contribution < 1.29 is 13.9 Å². The maximum absolute atomic E-state index is 13.3. The van der Waals surface area contributed by atoms with E-state index in [-0.39, 0.29) is 17.8 Å². The van der Waals surface area contributed by atoms with Gasteiger partial charge in [0.2, 0.25) is 5.91 Å². The van der Waals surface area contributed by atoms with Crippen LogP contribution in [0.15, 0.2) is 48.7 Å². The first-order chi connectivity index (χ1) is 13.2. The molecule has 0 radical (unpaired) electrons. The number of halogens is 1. The van der Waals surface area contributed by atoms with E-state index in [2.05, 4.69) is 20.9 Å². The number of nitrogens with one attached hydrogen (secondary N) is 1. The summed E-state index contributed by atoms with van der Waals surface area (Å²) in [6, 6.07) is 12.5. The van der Waals surface area contributed by atoms with Gasteiger partial charge in [-0.1, -0.05) is 0 Å². The Morgan fingerprint density at radius 1 is 1.30 bits per heavy atom. The Labute approximate surface area is 157 Å². The summed E-state index contributed by atoms with van der Waals surface area (Å²) < 4.78 is 20.8. The fraction of sp³-hybridized carbons (Fsp3) is 0.333. The molecule has 1 N–H and O–H groups in total. The number of hydrogen-bond acceptors (Lipinski definition) is 3. The van der Waals surface area contributed by atoms with Crippen molar-refractivity contribution in [3.63, 3.8) is 0 Å². The van der Waals surface area contributed by atoms with Gasteiger partial charge in [0.15, 0.2) is 0 Å². The molecule has 4 rings (SSSR count). The standard InChI is InChI=1S/C21H22FN3O2/c22-17-8-6-15(7-9-17)18-14-16-4-1-10-23-20(16)25(18)12-3-11-24-21(26)19-5-2-13-27-19/h1,4,6-10,14,19H,2-3,5,11-13H2,(H,24,26). The zero-order valence-corrected chi connectivity index (χ0v) is 15.0. The van der Waals surface area contributed by atoms with Crippen LogP contribution in [0.4, 0.5) is 4.39 Å². The second-order valence-electron chi connectivity index (χ2n) is 6.75. The van der Waals surface area contributed by atoms with E-state index in [4.69, 9.17) is 4.74 Å². The Morgan fingerprint density at radius 2 is 2.15 bits per heavy atom. The van der Waals surface area contributed by atoms with E-state index in [1.807, 2.05) is 12.1 Å². The zero-order valence-electron chi connectivity index (χ0n) is 15.0. The lowest BCUT2D eigenvalue weighted by molar-refractivity contribution is -0.130. The number of hydrogen-bond donors (Lipinski definition) is 1. The number of aryl methyl sites for hydroxylation is 1. The van der Waals surface area contributed by atoms with E-state index < -0.39 is 0 Å². The van der Waals surface area contributed by atoms with Gasteiger partial charge in [-0.15, -0.1) is 0 Å². The Kier molecular flexibility index (Phi) is 5.16. The number of benzene rings is 1. The molecule has 0 bridgehead atoms. The predicted octanol–water partition coefficient (Wildman–Crippen LogP) is 3.53. The molecule has 1 aromatic carbocycles. The fourth-order valence-corrected chi connectivity index (χ4v) is 3.52. The highest BCUT2D eigenvalue weighted by Crippen LogP contribution is 2.27. The lowest BCUT2D eigenvalue weighted by atomic mass is 10.1. The van der Waals surface area contributed by atoms with Crippen molar-refractivity contribution in [2.45, 2.75) is 31.9 Å². The van der Waals surface area contributed by atoms with Crippen molar-refractivity contribution in [2.24, 2.45) is 0 Å². The van der Waals surface area contributed by atoms with E-state index in [0.29, 0.717) is 19.7 Å². The van der Waals surface area contributed by atoms with Gasteiger partial charge in [0, 0.05) is 31.3 Å². The van der Waals surface area contributed by atoms with Crippen molar-refractivity contribution in [2.75, 3.05) is 13.2 Å². The number of nitrogens with zero attached hydrogens (tertiary/aromatic N) is 2. The molecule has 0 saturated carbocycles. The molecular formula is C21H22FN3O2. The van der Waals surface area contributed by atoms with Crippen LogP contribution in [-0.2, 0) is 16.1 Å². The van der Waals surface area contributed by atoms with E-state index in [0.717, 1.165) is 41.6 Å². The molecule has 3 heterocycles. The molecule has 1 amide bonds. The maximum Gasteiger partial charge on any atom is 0.249 e. The molecule has 1 atom stereocenters. The third-order valence-electron chi connectivity index (χ3n) is 4.88. The Morgan fingerprint density at radius 3 is 2.93 bits per heavy atom. The van der Waals surface area contributed by atoms with Crippen LogP contribution < -0.4 is 5.32 Å². The van der Waals surface area contributed by atoms with Gasteiger partial charge in [-0.05, 0) is 67.3 Å². The number of pyridine rings is 1. The molecule has 6 heteroatoms. The van der Waals surface area contributed by atoms with Crippen LogP contribution in [0.2, 0.25) is 0 Å². The minimum absolute atomic E-state index is 0.0262. The number of aromatic nitrogens is 2. The third-order valence-corrected chi connectivity index (χ3v) is 4.88. The summed E-state index contributed by atoms with van der Waals surface area (Å²) in [7, 11) is 0. The minimum Gasteiger partial charge on any atom is -0.368 e. The Bertz CT molecular complexity index is 930. The summed E-state index contributed by atoms with van der Waals surface area (Å²) in [6.45, 7) is 1.95. The van der Waals surface area contributed by atoms with Crippen molar-refractivity contribution in [1.29, 1.82) is 0 Å². The summed E-state index contributed by atoms with van der Waals surface area (Å²) in [5.41, 5.74) is 2.83. The number of rotatable bonds is 6. The summed E-state index contributed by atoms with van der Waals surface area (Å²) in [4.78, 5) is 16.6. The second kappa shape index (κ2) is 7.88. The van der Waals surface area contributed by atoms with Crippen LogP contribution in [0, 0.1) is 5.82 Å². The largest absolute Gasteiger partial charge is 0.368 e. The fourth-order valence-electron chi connectivity index (χ4n) is 3.52. The number of amides is 1. The predicted molar refractivity (Wildman–Crippen MR) is 102 cm³/mol. The molecule has 1 saturated heterocycles. The highest BCUT2D eigenvalue weighted by Gasteiger charge is 2.22. The van der Waals surface area contributed by atoms with E-state index >= 15 is 0 Å². The molecular weight excluding hydrogens is 345 g/mol. The van der Waals surface area contributed by atoms with Crippen molar-refractivity contribution in [3.8, 4) is 11.3 Å². The number of fused-ring (bicyclic) bond motifs is 1. The quantitative estimate of drug-likeness (QED) is 0.678. The van der Waals surface area contributed by atoms with Gasteiger partial charge in [-0.2, -0.15) is 0 Å². The smallest absolute Gasteiger partial charge is 0.249 e. The van der Waals surface area contributed by atoms with E-state index in [1.165, 1.54) is 12.1 Å². The lowest BCUT2D eigenvalue weighted by Crippen LogP contribution is -2.35. The van der Waals surface area contributed by atoms with Crippen LogP contribution in [0.1, 0.15) is 19.3 Å². The second-order valence-corrected chi connectivity index (χ2v) is 6.75. The Hall–Kier alpha value is -2.73. The van der Waals surface area contributed by atoms with Crippen molar-refractivity contribution in [1.82, 2.24) is 14.9 Å². The monoisotopic (exact) mass is 367 g/mol. The number of ether oxygens (including phenoxy) is 1. The summed E-state index contributed by atoms with van der Waals surface area (Å²) in [6.07, 6.45) is 3.99. The van der Waals surface area contributed by atoms with Gasteiger partial charge in [0.25, 0.3) is 0 Å². The molecule has 27 heavy (non-hydrogen) atoms. The average Bonchev–Trinajstić information content (AvgIpc) is 3.34. The number of carbonyl (C=O) groups is 1. The Balaban J connectivity index is 1.49. The normalized spacial score (nSPS) is 16.7. The molecule has 0 spiro atoms. The van der Waals surface area contributed by atoms with Gasteiger partial charge in [0.1, 0.15) is 17.6 Å². The van der Waals surface area contributed by atoms with Crippen LogP contribution in [0.25, 0.3) is 22.3 Å². The zero-order chi connectivity index (χ0) is 18.6. The number of carbonyl (C=O) groups excluding carboxylic acids is 1. The third kappa shape index (κ3) is 3.85. The highest BCUT2D eigenvalue weighted by molar-refractivity contribution is 5.84. The first kappa shape index (κ1) is 17.7. The maximum atomic E-state index is 13.3. The SMILES string of the molecule is O=C(NCCCn1c(-c2ccc(F)cc2)cc2cccnc21)C1CCCO1. The summed E-state index contributed by atoms with van der Waals surface area (Å²) in [5, 5.41) is 4.00. The summed E-state index contributed by atoms with van der Waals surface area (Å²) in [5.74, 6) is -0.280. The highest BCUT2D eigenvalue weighted by atomic mass is 19.1. The van der Waals surface area contributed by atoms with Crippen LogP contribution in [-0.4, -0.2) is 34.7 Å².